The summed E-state index contributed by atoms with van der Waals surface area (Å²) in [6, 6.07) is 0.355. The Morgan fingerprint density at radius 3 is 2.00 bits per heavy atom. The van der Waals surface area contributed by atoms with Crippen molar-refractivity contribution in [3.05, 3.63) is 0 Å². The van der Waals surface area contributed by atoms with Crippen LogP contribution >= 0.6 is 0 Å². The molecule has 0 heterocycles. The lowest BCUT2D eigenvalue weighted by Crippen LogP contribution is -2.35. The average Bonchev–Trinajstić information content (AvgIpc) is 2.16. The molecule has 0 aliphatic heterocycles. The molecule has 1 heteroatoms. The molecule has 0 aliphatic rings. The molecule has 0 fully saturated rings. The van der Waals surface area contributed by atoms with Gasteiger partial charge in [-0.05, 0) is 24.2 Å². The van der Waals surface area contributed by atoms with Crippen LogP contribution in [-0.4, -0.2) is 6.04 Å². The molecule has 0 aromatic carbocycles. The Balaban J connectivity index is 3.79. The van der Waals surface area contributed by atoms with Crippen LogP contribution in [0.4, 0.5) is 0 Å². The van der Waals surface area contributed by atoms with E-state index < -0.39 is 0 Å². The second-order valence-corrected chi connectivity index (χ2v) is 5.97. The molecule has 0 radical (unpaired) electrons. The summed E-state index contributed by atoms with van der Waals surface area (Å²) in [4.78, 5) is 0. The fourth-order valence-corrected chi connectivity index (χ4v) is 1.89. The molecule has 0 aliphatic carbocycles. The first-order chi connectivity index (χ1) is 6.91. The normalized spacial score (nSPS) is 16.4. The molecule has 0 aromatic rings. The van der Waals surface area contributed by atoms with Gasteiger partial charge in [0, 0.05) is 6.04 Å². The van der Waals surface area contributed by atoms with Gasteiger partial charge >= 0.3 is 0 Å². The molecule has 0 amide bonds. The lowest BCUT2D eigenvalue weighted by Gasteiger charge is -2.28. The maximum Gasteiger partial charge on any atom is 0.00877 e. The molecule has 1 nitrogen and oxygen atoms in total. The van der Waals surface area contributed by atoms with Gasteiger partial charge in [0.15, 0.2) is 0 Å². The molecule has 0 spiro atoms. The second kappa shape index (κ2) is 7.27. The van der Waals surface area contributed by atoms with E-state index in [-0.39, 0.29) is 5.41 Å². The maximum atomic E-state index is 6.18. The van der Waals surface area contributed by atoms with E-state index in [9.17, 15) is 0 Å². The molecule has 0 saturated heterocycles. The number of rotatable bonds is 7. The van der Waals surface area contributed by atoms with Crippen molar-refractivity contribution in [1.29, 1.82) is 0 Å². The Hall–Kier alpha value is -0.0400. The minimum Gasteiger partial charge on any atom is -0.327 e. The van der Waals surface area contributed by atoms with E-state index in [4.69, 9.17) is 5.73 Å². The van der Waals surface area contributed by atoms with E-state index in [1.807, 2.05) is 0 Å². The van der Waals surface area contributed by atoms with Crippen LogP contribution in [0.2, 0.25) is 0 Å². The summed E-state index contributed by atoms with van der Waals surface area (Å²) in [6.45, 7) is 11.3. The van der Waals surface area contributed by atoms with Crippen LogP contribution < -0.4 is 5.73 Å². The van der Waals surface area contributed by atoms with Gasteiger partial charge in [-0.15, -0.1) is 0 Å². The first-order valence-electron chi connectivity index (χ1n) is 6.67. The van der Waals surface area contributed by atoms with E-state index in [2.05, 4.69) is 34.6 Å². The number of hydrogen-bond acceptors (Lipinski definition) is 1. The zero-order valence-corrected chi connectivity index (χ0v) is 11.5. The third-order valence-corrected chi connectivity index (χ3v) is 3.54. The third-order valence-electron chi connectivity index (χ3n) is 3.54. The van der Waals surface area contributed by atoms with Gasteiger partial charge in [-0.3, -0.25) is 0 Å². The molecule has 15 heavy (non-hydrogen) atoms. The van der Waals surface area contributed by atoms with Crippen LogP contribution in [0.1, 0.15) is 73.1 Å². The topological polar surface area (TPSA) is 26.0 Å². The Morgan fingerprint density at radius 2 is 1.60 bits per heavy atom. The van der Waals surface area contributed by atoms with Crippen LogP contribution in [0.15, 0.2) is 0 Å². The van der Waals surface area contributed by atoms with Gasteiger partial charge in [-0.1, -0.05) is 60.3 Å². The standard InChI is InChI=1S/C14H31N/c1-6-8-9-12(7-2)10-11-13(15)14(3,4)5/h12-13H,6-11,15H2,1-5H3. The summed E-state index contributed by atoms with van der Waals surface area (Å²) in [6.07, 6.45) is 7.91. The second-order valence-electron chi connectivity index (χ2n) is 5.97. The van der Waals surface area contributed by atoms with Gasteiger partial charge < -0.3 is 5.73 Å². The monoisotopic (exact) mass is 213 g/mol. The van der Waals surface area contributed by atoms with Crippen molar-refractivity contribution in [2.75, 3.05) is 0 Å². The molecular weight excluding hydrogens is 182 g/mol. The van der Waals surface area contributed by atoms with Crippen molar-refractivity contribution in [3.63, 3.8) is 0 Å². The molecule has 92 valence electrons. The molecular formula is C14H31N. The largest absolute Gasteiger partial charge is 0.327 e. The van der Waals surface area contributed by atoms with Crippen LogP contribution in [0.5, 0.6) is 0 Å². The van der Waals surface area contributed by atoms with Crippen LogP contribution in [-0.2, 0) is 0 Å². The van der Waals surface area contributed by atoms with Crippen molar-refractivity contribution >= 4 is 0 Å². The van der Waals surface area contributed by atoms with Gasteiger partial charge in [0.25, 0.3) is 0 Å². The maximum absolute atomic E-state index is 6.18. The molecule has 2 atom stereocenters. The van der Waals surface area contributed by atoms with Gasteiger partial charge in [0.2, 0.25) is 0 Å². The van der Waals surface area contributed by atoms with Crippen molar-refractivity contribution < 1.29 is 0 Å². The highest BCUT2D eigenvalue weighted by atomic mass is 14.7. The summed E-state index contributed by atoms with van der Waals surface area (Å²) < 4.78 is 0. The Kier molecular flexibility index (Phi) is 7.25. The first-order valence-corrected chi connectivity index (χ1v) is 6.67. The van der Waals surface area contributed by atoms with Crippen LogP contribution in [0.3, 0.4) is 0 Å². The minimum absolute atomic E-state index is 0.267. The fourth-order valence-electron chi connectivity index (χ4n) is 1.89. The smallest absolute Gasteiger partial charge is 0.00877 e. The molecule has 2 unspecified atom stereocenters. The van der Waals surface area contributed by atoms with Crippen LogP contribution in [0, 0.1) is 11.3 Å². The van der Waals surface area contributed by atoms with Crippen LogP contribution in [0.25, 0.3) is 0 Å². The SMILES string of the molecule is CCCCC(CC)CCC(N)C(C)(C)C. The van der Waals surface area contributed by atoms with E-state index >= 15 is 0 Å². The van der Waals surface area contributed by atoms with Gasteiger partial charge in [0.1, 0.15) is 0 Å². The summed E-state index contributed by atoms with van der Waals surface area (Å²) in [5, 5.41) is 0. The summed E-state index contributed by atoms with van der Waals surface area (Å²) >= 11 is 0. The highest BCUT2D eigenvalue weighted by Gasteiger charge is 2.21. The average molecular weight is 213 g/mol. The van der Waals surface area contributed by atoms with Gasteiger partial charge in [-0.25, -0.2) is 0 Å². The highest BCUT2D eigenvalue weighted by molar-refractivity contribution is 4.77. The Bertz CT molecular complexity index is 146. The molecule has 0 rings (SSSR count). The zero-order valence-electron chi connectivity index (χ0n) is 11.5. The minimum atomic E-state index is 0.267. The zero-order chi connectivity index (χ0) is 11.9. The predicted molar refractivity (Wildman–Crippen MR) is 70.0 cm³/mol. The molecule has 0 saturated carbocycles. The van der Waals surface area contributed by atoms with E-state index in [1.165, 1.54) is 38.5 Å². The summed E-state index contributed by atoms with van der Waals surface area (Å²) in [5.74, 6) is 0.901. The third kappa shape index (κ3) is 6.94. The summed E-state index contributed by atoms with van der Waals surface area (Å²) in [7, 11) is 0. The molecule has 2 N–H and O–H groups in total. The lowest BCUT2D eigenvalue weighted by atomic mass is 9.82. The quantitative estimate of drug-likeness (QED) is 0.668. The Labute approximate surface area is 96.8 Å². The molecule has 0 bridgehead atoms. The first kappa shape index (κ1) is 15.0. The van der Waals surface area contributed by atoms with Crippen molar-refractivity contribution in [2.24, 2.45) is 17.1 Å². The number of hydrogen-bond donors (Lipinski definition) is 1. The molecule has 0 aromatic heterocycles. The van der Waals surface area contributed by atoms with Crippen molar-refractivity contribution in [2.45, 2.75) is 79.2 Å². The van der Waals surface area contributed by atoms with Gasteiger partial charge in [0.05, 0.1) is 0 Å². The Morgan fingerprint density at radius 1 is 1.00 bits per heavy atom. The highest BCUT2D eigenvalue weighted by Crippen LogP contribution is 2.25. The summed E-state index contributed by atoms with van der Waals surface area (Å²) in [5.41, 5.74) is 6.45. The van der Waals surface area contributed by atoms with Crippen molar-refractivity contribution in [3.8, 4) is 0 Å². The van der Waals surface area contributed by atoms with E-state index in [0.29, 0.717) is 6.04 Å². The lowest BCUT2D eigenvalue weighted by molar-refractivity contribution is 0.278. The van der Waals surface area contributed by atoms with E-state index in [1.54, 1.807) is 0 Å². The van der Waals surface area contributed by atoms with Gasteiger partial charge in [-0.2, -0.15) is 0 Å². The fraction of sp³-hybridized carbons (Fsp3) is 1.00. The number of nitrogens with two attached hydrogens (primary N) is 1. The van der Waals surface area contributed by atoms with Crippen molar-refractivity contribution in [1.82, 2.24) is 0 Å². The predicted octanol–water partition coefficient (Wildman–Crippen LogP) is 4.36. The van der Waals surface area contributed by atoms with E-state index in [0.717, 1.165) is 5.92 Å². The number of unbranched alkanes of at least 4 members (excludes halogenated alkanes) is 1.